The number of Topliss-reactive ketones (excluding diaryl/α,β-unsaturated/α-hetero) is 1. The van der Waals surface area contributed by atoms with Gasteiger partial charge in [0, 0.05) is 18.8 Å². The summed E-state index contributed by atoms with van der Waals surface area (Å²) in [7, 11) is 0. The van der Waals surface area contributed by atoms with Gasteiger partial charge in [0.15, 0.2) is 0 Å². The second-order valence-electron chi connectivity index (χ2n) is 5.41. The van der Waals surface area contributed by atoms with Gasteiger partial charge in [-0.3, -0.25) is 4.79 Å². The third-order valence-corrected chi connectivity index (χ3v) is 3.37. The van der Waals surface area contributed by atoms with Gasteiger partial charge < -0.3 is 4.79 Å². The van der Waals surface area contributed by atoms with Crippen LogP contribution in [0.4, 0.5) is 0 Å². The smallest absolute Gasteiger partial charge is 0.136 e. The summed E-state index contributed by atoms with van der Waals surface area (Å²) < 4.78 is 0. The molecule has 14 heavy (non-hydrogen) atoms. The maximum absolute atomic E-state index is 11.7. The van der Waals surface area contributed by atoms with E-state index in [0.717, 1.165) is 19.1 Å². The van der Waals surface area contributed by atoms with Gasteiger partial charge in [0.2, 0.25) is 0 Å². The lowest BCUT2D eigenvalue weighted by Crippen LogP contribution is -2.32. The summed E-state index contributed by atoms with van der Waals surface area (Å²) in [6.07, 6.45) is 3.96. The molecule has 1 rings (SSSR count). The van der Waals surface area contributed by atoms with Crippen LogP contribution in [0.15, 0.2) is 0 Å². The highest BCUT2D eigenvalue weighted by Crippen LogP contribution is 2.38. The van der Waals surface area contributed by atoms with Crippen LogP contribution in [0.2, 0.25) is 0 Å². The summed E-state index contributed by atoms with van der Waals surface area (Å²) in [5.41, 5.74) is 0.224. The Hall–Kier alpha value is -0.660. The van der Waals surface area contributed by atoms with Gasteiger partial charge in [-0.15, -0.1) is 0 Å². The second kappa shape index (κ2) is 4.24. The number of carbonyl (C=O) groups is 2. The van der Waals surface area contributed by atoms with Gasteiger partial charge >= 0.3 is 0 Å². The molecule has 0 heterocycles. The van der Waals surface area contributed by atoms with E-state index in [0.29, 0.717) is 24.5 Å². The minimum Gasteiger partial charge on any atom is -0.303 e. The first-order valence-corrected chi connectivity index (χ1v) is 5.41. The molecule has 0 N–H and O–H groups in total. The van der Waals surface area contributed by atoms with Crippen molar-refractivity contribution in [1.82, 2.24) is 0 Å². The zero-order valence-corrected chi connectivity index (χ0v) is 9.38. The molecule has 1 aliphatic rings. The van der Waals surface area contributed by atoms with Crippen molar-refractivity contribution in [2.45, 2.75) is 46.5 Å². The normalized spacial score (nSPS) is 28.9. The zero-order chi connectivity index (χ0) is 10.8. The number of hydrogen-bond acceptors (Lipinski definition) is 2. The monoisotopic (exact) mass is 196 g/mol. The molecule has 0 spiro atoms. The highest BCUT2D eigenvalue weighted by molar-refractivity contribution is 5.83. The lowest BCUT2D eigenvalue weighted by Gasteiger charge is -2.35. The van der Waals surface area contributed by atoms with Crippen LogP contribution in [0.3, 0.4) is 0 Å². The number of hydrogen-bond donors (Lipinski definition) is 0. The molecule has 2 nitrogen and oxygen atoms in total. The molecule has 0 aromatic rings. The van der Waals surface area contributed by atoms with E-state index >= 15 is 0 Å². The van der Waals surface area contributed by atoms with Crippen molar-refractivity contribution in [1.29, 1.82) is 0 Å². The average molecular weight is 196 g/mol. The van der Waals surface area contributed by atoms with Gasteiger partial charge in [-0.05, 0) is 24.2 Å². The number of carbonyl (C=O) groups excluding carboxylic acids is 2. The van der Waals surface area contributed by atoms with Crippen molar-refractivity contribution >= 4 is 12.1 Å². The lowest BCUT2D eigenvalue weighted by molar-refractivity contribution is -0.129. The van der Waals surface area contributed by atoms with E-state index in [9.17, 15) is 9.59 Å². The second-order valence-corrected chi connectivity index (χ2v) is 5.41. The molecule has 2 heteroatoms. The molecule has 1 fully saturated rings. The van der Waals surface area contributed by atoms with Crippen LogP contribution in [-0.4, -0.2) is 12.1 Å². The van der Waals surface area contributed by atoms with Crippen LogP contribution < -0.4 is 0 Å². The first kappa shape index (κ1) is 11.4. The van der Waals surface area contributed by atoms with E-state index in [-0.39, 0.29) is 11.3 Å². The summed E-state index contributed by atoms with van der Waals surface area (Å²) in [4.78, 5) is 22.0. The van der Waals surface area contributed by atoms with Gasteiger partial charge in [-0.1, -0.05) is 20.8 Å². The Morgan fingerprint density at radius 3 is 2.43 bits per heavy atom. The largest absolute Gasteiger partial charge is 0.303 e. The van der Waals surface area contributed by atoms with Gasteiger partial charge in [0.25, 0.3) is 0 Å². The van der Waals surface area contributed by atoms with E-state index in [1.54, 1.807) is 0 Å². The molecule has 1 saturated carbocycles. The maximum Gasteiger partial charge on any atom is 0.136 e. The molecule has 2 atom stereocenters. The molecule has 0 aliphatic heterocycles. The predicted octanol–water partition coefficient (Wildman–Crippen LogP) is 2.61. The van der Waals surface area contributed by atoms with Crippen LogP contribution in [0, 0.1) is 17.3 Å². The van der Waals surface area contributed by atoms with E-state index in [2.05, 4.69) is 20.8 Å². The Morgan fingerprint density at radius 2 is 2.00 bits per heavy atom. The topological polar surface area (TPSA) is 34.1 Å². The van der Waals surface area contributed by atoms with E-state index in [1.165, 1.54) is 0 Å². The lowest BCUT2D eigenvalue weighted by atomic mass is 9.69. The van der Waals surface area contributed by atoms with Gasteiger partial charge in [0.1, 0.15) is 12.1 Å². The number of ketones is 1. The Labute approximate surface area is 86.1 Å². The summed E-state index contributed by atoms with van der Waals surface area (Å²) in [5, 5.41) is 0. The molecule has 1 aliphatic carbocycles. The van der Waals surface area contributed by atoms with Crippen molar-refractivity contribution in [2.24, 2.45) is 17.3 Å². The highest BCUT2D eigenvalue weighted by atomic mass is 16.1. The molecule has 0 saturated heterocycles. The van der Waals surface area contributed by atoms with Crippen LogP contribution >= 0.6 is 0 Å². The standard InChI is InChI=1S/C12H20O2/c1-12(2,3)10-5-4-9(6-7-13)11(14)8-10/h7,9-10H,4-6,8H2,1-3H3/t9-,10-/m1/s1. The molecular formula is C12H20O2. The predicted molar refractivity (Wildman–Crippen MR) is 56.0 cm³/mol. The van der Waals surface area contributed by atoms with Crippen LogP contribution in [0.1, 0.15) is 46.5 Å². The first-order chi connectivity index (χ1) is 6.45. The molecule has 0 aromatic heterocycles. The van der Waals surface area contributed by atoms with E-state index in [4.69, 9.17) is 0 Å². The van der Waals surface area contributed by atoms with E-state index in [1.807, 2.05) is 0 Å². The SMILES string of the molecule is CC(C)(C)[C@@H]1CC[C@H](CC=O)C(=O)C1. The minimum atomic E-state index is 0.0195. The van der Waals surface area contributed by atoms with Crippen molar-refractivity contribution in [2.75, 3.05) is 0 Å². The molecule has 0 aromatic carbocycles. The quantitative estimate of drug-likeness (QED) is 0.636. The molecule has 80 valence electrons. The van der Waals surface area contributed by atoms with Crippen molar-refractivity contribution in [3.63, 3.8) is 0 Å². The molecule has 0 unspecified atom stereocenters. The average Bonchev–Trinajstić information content (AvgIpc) is 2.07. The Morgan fingerprint density at radius 1 is 1.36 bits per heavy atom. The Kier molecular flexibility index (Phi) is 3.46. The molecule has 0 bridgehead atoms. The van der Waals surface area contributed by atoms with Crippen molar-refractivity contribution < 1.29 is 9.59 Å². The van der Waals surface area contributed by atoms with Gasteiger partial charge in [0.05, 0.1) is 0 Å². The van der Waals surface area contributed by atoms with Gasteiger partial charge in [-0.2, -0.15) is 0 Å². The third kappa shape index (κ3) is 2.66. The molecular weight excluding hydrogens is 176 g/mol. The van der Waals surface area contributed by atoms with Gasteiger partial charge in [-0.25, -0.2) is 0 Å². The fourth-order valence-corrected chi connectivity index (χ4v) is 2.18. The van der Waals surface area contributed by atoms with E-state index < -0.39 is 0 Å². The highest BCUT2D eigenvalue weighted by Gasteiger charge is 2.34. The van der Waals surface area contributed by atoms with Crippen LogP contribution in [0.25, 0.3) is 0 Å². The maximum atomic E-state index is 11.7. The fraction of sp³-hybridized carbons (Fsp3) is 0.833. The zero-order valence-electron chi connectivity index (χ0n) is 9.38. The third-order valence-electron chi connectivity index (χ3n) is 3.37. The number of rotatable bonds is 2. The summed E-state index contributed by atoms with van der Waals surface area (Å²) in [6, 6.07) is 0. The van der Waals surface area contributed by atoms with Crippen molar-refractivity contribution in [3.8, 4) is 0 Å². The van der Waals surface area contributed by atoms with Crippen LogP contribution in [-0.2, 0) is 9.59 Å². The summed E-state index contributed by atoms with van der Waals surface area (Å²) in [6.45, 7) is 6.56. The Bertz CT molecular complexity index is 225. The van der Waals surface area contributed by atoms with Crippen LogP contribution in [0.5, 0.6) is 0 Å². The molecule has 0 radical (unpaired) electrons. The number of aldehydes is 1. The summed E-state index contributed by atoms with van der Waals surface area (Å²) in [5.74, 6) is 0.812. The van der Waals surface area contributed by atoms with Crippen molar-refractivity contribution in [3.05, 3.63) is 0 Å². The fourth-order valence-electron chi connectivity index (χ4n) is 2.18. The molecule has 0 amide bonds. The summed E-state index contributed by atoms with van der Waals surface area (Å²) >= 11 is 0. The minimum absolute atomic E-state index is 0.0195. The Balaban J connectivity index is 2.55. The first-order valence-electron chi connectivity index (χ1n) is 5.41.